The molecule has 0 aliphatic carbocycles. The maximum Gasteiger partial charge on any atom is 0.386 e. The van der Waals surface area contributed by atoms with Crippen LogP contribution >= 0.6 is 15.9 Å². The van der Waals surface area contributed by atoms with Crippen molar-refractivity contribution in [3.63, 3.8) is 0 Å². The minimum atomic E-state index is -4.00. The van der Waals surface area contributed by atoms with E-state index in [0.29, 0.717) is 0 Å². The third-order valence-electron chi connectivity index (χ3n) is 8.80. The van der Waals surface area contributed by atoms with Crippen molar-refractivity contribution < 1.29 is 13.2 Å². The van der Waals surface area contributed by atoms with E-state index in [1.165, 1.54) is 68.6 Å². The quantitative estimate of drug-likeness (QED) is 0.145. The van der Waals surface area contributed by atoms with Crippen LogP contribution in [-0.4, -0.2) is 32.4 Å². The van der Waals surface area contributed by atoms with Gasteiger partial charge in [-0.2, -0.15) is 13.2 Å². The zero-order valence-corrected chi connectivity index (χ0v) is 29.8. The van der Waals surface area contributed by atoms with Crippen molar-refractivity contribution in [3.8, 4) is 0 Å². The van der Waals surface area contributed by atoms with Crippen LogP contribution in [0.5, 0.6) is 0 Å². The highest BCUT2D eigenvalue weighted by Gasteiger charge is 2.24. The van der Waals surface area contributed by atoms with Gasteiger partial charge < -0.3 is 15.1 Å². The molecule has 3 nitrogen and oxygen atoms in total. The number of rotatable bonds is 10. The minimum Gasteiger partial charge on any atom is -0.385 e. The van der Waals surface area contributed by atoms with Gasteiger partial charge in [0.25, 0.3) is 0 Å². The molecule has 0 bridgehead atoms. The number of aryl methyl sites for hydroxylation is 1. The molecule has 1 aliphatic rings. The van der Waals surface area contributed by atoms with Gasteiger partial charge in [0.2, 0.25) is 0 Å². The van der Waals surface area contributed by atoms with Gasteiger partial charge in [-0.05, 0) is 97.7 Å². The lowest BCUT2D eigenvalue weighted by Crippen LogP contribution is -2.17. The molecule has 1 heterocycles. The summed E-state index contributed by atoms with van der Waals surface area (Å²) < 4.78 is 32.2. The first-order valence-electron chi connectivity index (χ1n) is 16.9. The summed E-state index contributed by atoms with van der Waals surface area (Å²) in [5.74, 6) is 0.0793. The van der Waals surface area contributed by atoms with Crippen LogP contribution in [0.1, 0.15) is 68.2 Å². The van der Waals surface area contributed by atoms with Crippen LogP contribution in [0.15, 0.2) is 108 Å². The number of hydrogen-bond donors (Lipinski definition) is 1. The Morgan fingerprint density at radius 1 is 0.792 bits per heavy atom. The molecule has 1 aliphatic heterocycles. The van der Waals surface area contributed by atoms with Gasteiger partial charge in [-0.3, -0.25) is 0 Å². The first kappa shape index (κ1) is 35.3. The first-order valence-corrected chi connectivity index (χ1v) is 17.7. The highest BCUT2D eigenvalue weighted by atomic mass is 79.9. The molecule has 48 heavy (non-hydrogen) atoms. The number of nitrogens with one attached hydrogen (secondary N) is 1. The molecule has 6 rings (SSSR count). The fraction of sp³-hybridized carbons (Fsp3) is 0.317. The van der Waals surface area contributed by atoms with Gasteiger partial charge in [0.15, 0.2) is 0 Å². The largest absolute Gasteiger partial charge is 0.386 e. The third-order valence-corrected chi connectivity index (χ3v) is 9.49. The number of alkyl halides is 3. The normalized spacial score (nSPS) is 13.6. The maximum atomic E-state index is 10.4. The summed E-state index contributed by atoms with van der Waals surface area (Å²) in [6.45, 7) is 10.9. The molecular formula is C41H45BrF3N3. The molecule has 0 saturated carbocycles. The van der Waals surface area contributed by atoms with Gasteiger partial charge in [0.1, 0.15) is 0 Å². The molecule has 0 spiro atoms. The Kier molecular flexibility index (Phi) is 11.7. The SMILES string of the molecule is CC(F)(F)F.CCCNc1ccc(C(c2ccc(N3CCCC3)cc2)c2ccc(N(CC)c3ccc(C)cc3)cc2Br)c2ccccc12. The molecule has 5 aromatic carbocycles. The van der Waals surface area contributed by atoms with Crippen molar-refractivity contribution in [3.05, 3.63) is 130 Å². The molecule has 0 aromatic heterocycles. The van der Waals surface area contributed by atoms with Crippen LogP contribution in [0.2, 0.25) is 0 Å². The molecule has 5 aromatic rings. The molecule has 1 fully saturated rings. The van der Waals surface area contributed by atoms with Crippen LogP contribution in [0.25, 0.3) is 10.8 Å². The van der Waals surface area contributed by atoms with Gasteiger partial charge in [0.05, 0.1) is 0 Å². The van der Waals surface area contributed by atoms with Crippen molar-refractivity contribution in [2.24, 2.45) is 0 Å². The van der Waals surface area contributed by atoms with Gasteiger partial charge in [-0.25, -0.2) is 0 Å². The van der Waals surface area contributed by atoms with E-state index in [2.05, 4.69) is 155 Å². The molecule has 0 radical (unpaired) electrons. The zero-order valence-electron chi connectivity index (χ0n) is 28.2. The van der Waals surface area contributed by atoms with E-state index in [1.54, 1.807) is 0 Å². The highest BCUT2D eigenvalue weighted by Crippen LogP contribution is 2.43. The van der Waals surface area contributed by atoms with Crippen LogP contribution in [0, 0.1) is 6.92 Å². The minimum absolute atomic E-state index is 0.0793. The Morgan fingerprint density at radius 2 is 1.40 bits per heavy atom. The van der Waals surface area contributed by atoms with Crippen LogP contribution in [-0.2, 0) is 0 Å². The summed E-state index contributed by atoms with van der Waals surface area (Å²) in [4.78, 5) is 4.88. The lowest BCUT2D eigenvalue weighted by molar-refractivity contribution is -0.110. The van der Waals surface area contributed by atoms with Crippen molar-refractivity contribution in [2.75, 3.05) is 41.3 Å². The molecule has 1 unspecified atom stereocenters. The van der Waals surface area contributed by atoms with Crippen LogP contribution < -0.4 is 15.1 Å². The summed E-state index contributed by atoms with van der Waals surface area (Å²) >= 11 is 4.06. The van der Waals surface area contributed by atoms with E-state index in [0.717, 1.165) is 37.1 Å². The number of fused-ring (bicyclic) bond motifs is 1. The van der Waals surface area contributed by atoms with E-state index in [9.17, 15) is 13.2 Å². The smallest absolute Gasteiger partial charge is 0.385 e. The molecule has 1 saturated heterocycles. The molecule has 7 heteroatoms. The lowest BCUT2D eigenvalue weighted by atomic mass is 9.82. The van der Waals surface area contributed by atoms with Crippen molar-refractivity contribution >= 4 is 49.5 Å². The Morgan fingerprint density at radius 3 is 2.00 bits per heavy atom. The van der Waals surface area contributed by atoms with Gasteiger partial charge >= 0.3 is 6.18 Å². The van der Waals surface area contributed by atoms with Crippen molar-refractivity contribution in [2.45, 2.75) is 59.1 Å². The van der Waals surface area contributed by atoms with Crippen LogP contribution in [0.3, 0.4) is 0 Å². The van der Waals surface area contributed by atoms with Gasteiger partial charge in [-0.1, -0.05) is 89.1 Å². The maximum absolute atomic E-state index is 10.4. The third kappa shape index (κ3) is 8.73. The Labute approximate surface area is 291 Å². The average molecular weight is 717 g/mol. The van der Waals surface area contributed by atoms with E-state index >= 15 is 0 Å². The van der Waals surface area contributed by atoms with Crippen LogP contribution in [0.4, 0.5) is 35.9 Å². The summed E-state index contributed by atoms with van der Waals surface area (Å²) in [6, 6.07) is 38.5. The number of nitrogens with zero attached hydrogens (tertiary/aromatic N) is 2. The standard InChI is InChI=1S/C39H42BrN3.C2H3F3/c1-4-24-41-38-23-22-35(33-10-6-7-11-34(33)38)39(29-14-18-30(19-15-29)42-25-8-9-26-42)36-21-20-32(27-37(36)40)43(5-2)31-16-12-28(3)13-17-31;1-2(3,4)5/h6-7,10-23,27,39,41H,4-5,8-9,24-26H2,1-3H3;1H3. The van der Waals surface area contributed by atoms with E-state index in [1.807, 2.05) is 0 Å². The summed E-state index contributed by atoms with van der Waals surface area (Å²) in [7, 11) is 0. The number of anilines is 4. The van der Waals surface area contributed by atoms with E-state index < -0.39 is 6.18 Å². The van der Waals surface area contributed by atoms with E-state index in [4.69, 9.17) is 0 Å². The van der Waals surface area contributed by atoms with Gasteiger partial charge in [-0.15, -0.1) is 0 Å². The predicted molar refractivity (Wildman–Crippen MR) is 201 cm³/mol. The average Bonchev–Trinajstić information content (AvgIpc) is 3.61. The Bertz CT molecular complexity index is 1770. The molecule has 0 amide bonds. The Hall–Kier alpha value is -3.97. The second-order valence-electron chi connectivity index (χ2n) is 12.5. The first-order chi connectivity index (χ1) is 23.1. The summed E-state index contributed by atoms with van der Waals surface area (Å²) in [5.41, 5.74) is 10.1. The second-order valence-corrected chi connectivity index (χ2v) is 13.3. The predicted octanol–water partition coefficient (Wildman–Crippen LogP) is 12.2. The summed E-state index contributed by atoms with van der Waals surface area (Å²) in [6.07, 6.45) is -0.338. The zero-order chi connectivity index (χ0) is 34.3. The highest BCUT2D eigenvalue weighted by molar-refractivity contribution is 9.10. The van der Waals surface area contributed by atoms with Crippen molar-refractivity contribution in [1.29, 1.82) is 0 Å². The number of benzene rings is 5. The molecule has 1 N–H and O–H groups in total. The number of hydrogen-bond acceptors (Lipinski definition) is 3. The monoisotopic (exact) mass is 715 g/mol. The lowest BCUT2D eigenvalue weighted by Gasteiger charge is -2.27. The fourth-order valence-corrected chi connectivity index (χ4v) is 7.12. The summed E-state index contributed by atoms with van der Waals surface area (Å²) in [5, 5.41) is 6.23. The molecular weight excluding hydrogens is 671 g/mol. The van der Waals surface area contributed by atoms with Crippen molar-refractivity contribution in [1.82, 2.24) is 0 Å². The van der Waals surface area contributed by atoms with E-state index in [-0.39, 0.29) is 12.8 Å². The molecule has 1 atom stereocenters. The molecule has 252 valence electrons. The van der Waals surface area contributed by atoms with Gasteiger partial charge in [0, 0.05) is 71.6 Å². The topological polar surface area (TPSA) is 18.5 Å². The number of halogens is 4. The Balaban J connectivity index is 0.000000840. The fourth-order valence-electron chi connectivity index (χ4n) is 6.52. The second kappa shape index (κ2) is 16.0.